The fourth-order valence-electron chi connectivity index (χ4n) is 2.65. The lowest BCUT2D eigenvalue weighted by Gasteiger charge is -2.16. The van der Waals surface area contributed by atoms with Gasteiger partial charge in [-0.2, -0.15) is 0 Å². The van der Waals surface area contributed by atoms with Gasteiger partial charge in [0.15, 0.2) is 5.96 Å². The standard InChI is InChI=1S/C16H30N6.HI/c1-4-13(3)19-16(17-5-2)18-11-10-15-21-20-14-9-7-6-8-12-22(14)15;/h13H,4-12H2,1-3H3,(H2,17,18,19);1H. The van der Waals surface area contributed by atoms with Crippen molar-refractivity contribution in [3.63, 3.8) is 0 Å². The Bertz CT molecular complexity index is 485. The smallest absolute Gasteiger partial charge is 0.191 e. The monoisotopic (exact) mass is 434 g/mol. The summed E-state index contributed by atoms with van der Waals surface area (Å²) in [5, 5.41) is 15.4. The Morgan fingerprint density at radius 2 is 2.09 bits per heavy atom. The second kappa shape index (κ2) is 10.8. The van der Waals surface area contributed by atoms with E-state index < -0.39 is 0 Å². The number of aryl methyl sites for hydroxylation is 1. The first-order chi connectivity index (χ1) is 10.7. The Morgan fingerprint density at radius 1 is 1.26 bits per heavy atom. The fourth-order valence-corrected chi connectivity index (χ4v) is 2.65. The van der Waals surface area contributed by atoms with Crippen LogP contribution in [0.5, 0.6) is 0 Å². The van der Waals surface area contributed by atoms with Crippen LogP contribution in [0.15, 0.2) is 4.99 Å². The number of halogens is 1. The lowest BCUT2D eigenvalue weighted by Crippen LogP contribution is -2.42. The molecule has 7 heteroatoms. The van der Waals surface area contributed by atoms with Gasteiger partial charge in [0.05, 0.1) is 0 Å². The van der Waals surface area contributed by atoms with Gasteiger partial charge in [-0.05, 0) is 33.1 Å². The fraction of sp³-hybridized carbons (Fsp3) is 0.812. The summed E-state index contributed by atoms with van der Waals surface area (Å²) < 4.78 is 2.30. The average Bonchev–Trinajstić information content (AvgIpc) is 2.75. The Kier molecular flexibility index (Phi) is 9.50. The van der Waals surface area contributed by atoms with Crippen molar-refractivity contribution in [2.45, 2.75) is 71.9 Å². The molecule has 0 aliphatic carbocycles. The van der Waals surface area contributed by atoms with Crippen molar-refractivity contribution in [3.05, 3.63) is 11.6 Å². The molecule has 6 nitrogen and oxygen atoms in total. The van der Waals surface area contributed by atoms with Crippen LogP contribution in [0.25, 0.3) is 0 Å². The number of aliphatic imine (C=N–C) groups is 1. The van der Waals surface area contributed by atoms with Crippen LogP contribution in [0.2, 0.25) is 0 Å². The van der Waals surface area contributed by atoms with Crippen molar-refractivity contribution in [3.8, 4) is 0 Å². The summed E-state index contributed by atoms with van der Waals surface area (Å²) in [6.45, 7) is 9.11. The van der Waals surface area contributed by atoms with Gasteiger partial charge in [-0.1, -0.05) is 13.3 Å². The van der Waals surface area contributed by atoms with Crippen molar-refractivity contribution in [1.29, 1.82) is 0 Å². The number of hydrogen-bond donors (Lipinski definition) is 2. The molecule has 132 valence electrons. The van der Waals surface area contributed by atoms with Crippen LogP contribution in [-0.4, -0.2) is 39.9 Å². The molecular weight excluding hydrogens is 403 g/mol. The second-order valence-electron chi connectivity index (χ2n) is 5.96. The number of fused-ring (bicyclic) bond motifs is 1. The van der Waals surface area contributed by atoms with E-state index in [1.807, 2.05) is 0 Å². The maximum Gasteiger partial charge on any atom is 0.191 e. The number of nitrogens with one attached hydrogen (secondary N) is 2. The van der Waals surface area contributed by atoms with Crippen LogP contribution in [0.3, 0.4) is 0 Å². The highest BCUT2D eigenvalue weighted by Gasteiger charge is 2.14. The van der Waals surface area contributed by atoms with Gasteiger partial charge in [0.25, 0.3) is 0 Å². The van der Waals surface area contributed by atoms with E-state index in [0.29, 0.717) is 6.04 Å². The van der Waals surface area contributed by atoms with Crippen LogP contribution in [0.1, 0.15) is 58.1 Å². The number of aromatic nitrogens is 3. The third-order valence-corrected chi connectivity index (χ3v) is 4.13. The van der Waals surface area contributed by atoms with Gasteiger partial charge in [-0.15, -0.1) is 34.2 Å². The van der Waals surface area contributed by atoms with Crippen LogP contribution >= 0.6 is 24.0 Å². The van der Waals surface area contributed by atoms with Gasteiger partial charge in [-0.3, -0.25) is 4.99 Å². The van der Waals surface area contributed by atoms with E-state index in [-0.39, 0.29) is 24.0 Å². The molecule has 0 radical (unpaired) electrons. The van der Waals surface area contributed by atoms with Gasteiger partial charge < -0.3 is 15.2 Å². The first kappa shape index (κ1) is 20.2. The number of rotatable bonds is 6. The molecule has 0 aromatic carbocycles. The second-order valence-corrected chi connectivity index (χ2v) is 5.96. The summed E-state index contributed by atoms with van der Waals surface area (Å²) in [5.41, 5.74) is 0. The van der Waals surface area contributed by atoms with Crippen LogP contribution in [0, 0.1) is 0 Å². The van der Waals surface area contributed by atoms with Crippen molar-refractivity contribution in [1.82, 2.24) is 25.4 Å². The molecule has 1 aliphatic heterocycles. The Balaban J connectivity index is 0.00000264. The third-order valence-electron chi connectivity index (χ3n) is 4.13. The van der Waals surface area contributed by atoms with Crippen LogP contribution in [-0.2, 0) is 19.4 Å². The summed E-state index contributed by atoms with van der Waals surface area (Å²) in [5.74, 6) is 3.13. The highest BCUT2D eigenvalue weighted by molar-refractivity contribution is 14.0. The van der Waals surface area contributed by atoms with Crippen molar-refractivity contribution in [2.24, 2.45) is 4.99 Å². The maximum atomic E-state index is 4.66. The number of nitrogens with zero attached hydrogens (tertiary/aromatic N) is 4. The van der Waals surface area contributed by atoms with E-state index in [1.54, 1.807) is 0 Å². The van der Waals surface area contributed by atoms with Crippen molar-refractivity contribution < 1.29 is 0 Å². The summed E-state index contributed by atoms with van der Waals surface area (Å²) in [6, 6.07) is 0.433. The normalized spacial score (nSPS) is 16.0. The summed E-state index contributed by atoms with van der Waals surface area (Å²) in [7, 11) is 0. The average molecular weight is 434 g/mol. The largest absolute Gasteiger partial charge is 0.357 e. The molecule has 0 amide bonds. The molecule has 23 heavy (non-hydrogen) atoms. The highest BCUT2D eigenvalue weighted by Crippen LogP contribution is 2.14. The quantitative estimate of drug-likeness (QED) is 0.410. The van der Waals surface area contributed by atoms with Crippen LogP contribution in [0.4, 0.5) is 0 Å². The summed E-state index contributed by atoms with van der Waals surface area (Å²) >= 11 is 0. The van der Waals surface area contributed by atoms with E-state index >= 15 is 0 Å². The lowest BCUT2D eigenvalue weighted by molar-refractivity contribution is 0.602. The Labute approximate surface area is 157 Å². The lowest BCUT2D eigenvalue weighted by atomic mass is 10.2. The predicted molar refractivity (Wildman–Crippen MR) is 106 cm³/mol. The van der Waals surface area contributed by atoms with Crippen molar-refractivity contribution in [2.75, 3.05) is 13.1 Å². The number of guanidine groups is 1. The van der Waals surface area contributed by atoms with E-state index in [9.17, 15) is 0 Å². The zero-order chi connectivity index (χ0) is 15.8. The van der Waals surface area contributed by atoms with Gasteiger partial charge in [0, 0.05) is 38.5 Å². The molecule has 1 atom stereocenters. The molecule has 1 aliphatic rings. The van der Waals surface area contributed by atoms with E-state index in [4.69, 9.17) is 0 Å². The molecule has 0 saturated heterocycles. The minimum Gasteiger partial charge on any atom is -0.357 e. The molecular formula is C16H31IN6. The molecule has 1 unspecified atom stereocenters. The molecule has 1 aromatic rings. The zero-order valence-corrected chi connectivity index (χ0v) is 17.0. The van der Waals surface area contributed by atoms with E-state index in [1.165, 1.54) is 19.3 Å². The molecule has 0 bridgehead atoms. The summed E-state index contributed by atoms with van der Waals surface area (Å²) in [4.78, 5) is 4.66. The zero-order valence-electron chi connectivity index (χ0n) is 14.6. The van der Waals surface area contributed by atoms with Crippen LogP contribution < -0.4 is 10.6 Å². The first-order valence-electron chi connectivity index (χ1n) is 8.70. The maximum absolute atomic E-state index is 4.66. The molecule has 2 heterocycles. The van der Waals surface area contributed by atoms with Gasteiger partial charge in [0.2, 0.25) is 0 Å². The minimum absolute atomic E-state index is 0. The van der Waals surface area contributed by atoms with Gasteiger partial charge in [-0.25, -0.2) is 0 Å². The first-order valence-corrected chi connectivity index (χ1v) is 8.70. The third kappa shape index (κ3) is 6.27. The SMILES string of the molecule is CCNC(=NCCc1nnc2n1CCCCC2)NC(C)CC.I. The molecule has 0 fully saturated rings. The van der Waals surface area contributed by atoms with E-state index in [2.05, 4.69) is 51.2 Å². The molecule has 2 rings (SSSR count). The molecule has 1 aromatic heterocycles. The van der Waals surface area contributed by atoms with Gasteiger partial charge in [0.1, 0.15) is 11.6 Å². The van der Waals surface area contributed by atoms with Gasteiger partial charge >= 0.3 is 0 Å². The topological polar surface area (TPSA) is 67.1 Å². The predicted octanol–water partition coefficient (Wildman–Crippen LogP) is 2.52. The molecule has 0 saturated carbocycles. The van der Waals surface area contributed by atoms with E-state index in [0.717, 1.165) is 56.5 Å². The Hall–Kier alpha value is -0.860. The highest BCUT2D eigenvalue weighted by atomic mass is 127. The summed E-state index contributed by atoms with van der Waals surface area (Å²) in [6.07, 6.45) is 6.77. The van der Waals surface area contributed by atoms with Crippen molar-refractivity contribution >= 4 is 29.9 Å². The number of hydrogen-bond acceptors (Lipinski definition) is 3. The molecule has 0 spiro atoms. The molecule has 2 N–H and O–H groups in total. The Morgan fingerprint density at radius 3 is 2.83 bits per heavy atom. The minimum atomic E-state index is 0.